The Labute approximate surface area is 174 Å². The van der Waals surface area contributed by atoms with Crippen molar-refractivity contribution >= 4 is 11.9 Å². The highest BCUT2D eigenvalue weighted by Crippen LogP contribution is 2.24. The number of anilines is 1. The highest BCUT2D eigenvalue weighted by Gasteiger charge is 2.30. The second kappa shape index (κ2) is 10.4. The Hall–Kier alpha value is -2.37. The topological polar surface area (TPSA) is 49.5 Å². The number of nitrogens with zero attached hydrogens (tertiary/aromatic N) is 2. The van der Waals surface area contributed by atoms with E-state index in [9.17, 15) is 5.11 Å². The third kappa shape index (κ3) is 5.37. The van der Waals surface area contributed by atoms with Crippen molar-refractivity contribution in [2.45, 2.75) is 32.9 Å². The molecule has 0 radical (unpaired) electrons. The van der Waals surface area contributed by atoms with Gasteiger partial charge in [-0.05, 0) is 32.9 Å². The molecule has 1 heterocycles. The number of hydrogen-bond donors (Lipinski definition) is 2. The molecular weight excluding hydrogens is 362 g/mol. The molecule has 0 spiro atoms. The molecule has 29 heavy (non-hydrogen) atoms. The van der Waals surface area contributed by atoms with E-state index in [1.807, 2.05) is 18.3 Å². The molecule has 2 atom stereocenters. The maximum Gasteiger partial charge on any atom is 0.136 e. The Kier molecular flexibility index (Phi) is 7.67. The number of aliphatic imine (C=N–C) groups is 1. The summed E-state index contributed by atoms with van der Waals surface area (Å²) in [6.45, 7) is 11.8. The van der Waals surface area contributed by atoms with Crippen LogP contribution in [0.15, 0.2) is 53.5 Å². The van der Waals surface area contributed by atoms with Gasteiger partial charge in [0.2, 0.25) is 0 Å². The summed E-state index contributed by atoms with van der Waals surface area (Å²) in [5.74, 6) is 0.278. The number of phenolic OH excluding ortho intramolecular Hbond substituents is 1. The number of ether oxygens (including phenoxy) is 1. The fourth-order valence-corrected chi connectivity index (χ4v) is 4.17. The van der Waals surface area contributed by atoms with Crippen molar-refractivity contribution in [3.63, 3.8) is 0 Å². The lowest BCUT2D eigenvalue weighted by Gasteiger charge is -2.33. The van der Waals surface area contributed by atoms with Gasteiger partial charge < -0.3 is 19.6 Å². The molecule has 5 heteroatoms. The lowest BCUT2D eigenvalue weighted by Crippen LogP contribution is -3.15. The molecule has 0 aromatic heterocycles. The zero-order valence-electron chi connectivity index (χ0n) is 17.8. The summed E-state index contributed by atoms with van der Waals surface area (Å²) in [7, 11) is 0. The summed E-state index contributed by atoms with van der Waals surface area (Å²) in [6.07, 6.45) is 1.82. The Morgan fingerprint density at radius 2 is 1.79 bits per heavy atom. The van der Waals surface area contributed by atoms with E-state index in [0.717, 1.165) is 50.6 Å². The molecule has 0 amide bonds. The predicted octanol–water partition coefficient (Wildman–Crippen LogP) is 2.70. The first kappa shape index (κ1) is 21.3. The van der Waals surface area contributed by atoms with Crippen molar-refractivity contribution in [3.8, 4) is 5.75 Å². The quantitative estimate of drug-likeness (QED) is 0.675. The Morgan fingerprint density at radius 1 is 1.10 bits per heavy atom. The van der Waals surface area contributed by atoms with Crippen molar-refractivity contribution in [1.82, 2.24) is 0 Å². The maximum atomic E-state index is 10.5. The normalized spacial score (nSPS) is 17.3. The molecular formula is C24H34N3O2+. The monoisotopic (exact) mass is 396 g/mol. The summed E-state index contributed by atoms with van der Waals surface area (Å²) in [5.41, 5.74) is 3.10. The molecule has 0 saturated carbocycles. The summed E-state index contributed by atoms with van der Waals surface area (Å²) in [5, 5.41) is 10.5. The fourth-order valence-electron chi connectivity index (χ4n) is 4.17. The average Bonchev–Trinajstić information content (AvgIpc) is 2.76. The second-order valence-electron chi connectivity index (χ2n) is 7.59. The van der Waals surface area contributed by atoms with Gasteiger partial charge in [-0.25, -0.2) is 0 Å². The maximum absolute atomic E-state index is 10.5. The van der Waals surface area contributed by atoms with Crippen LogP contribution in [0.3, 0.4) is 0 Å². The van der Waals surface area contributed by atoms with Crippen LogP contribution in [0.2, 0.25) is 0 Å². The molecule has 0 bridgehead atoms. The minimum atomic E-state index is 0.0901. The molecule has 156 valence electrons. The first-order valence-corrected chi connectivity index (χ1v) is 10.7. The SMILES string of the molecule is CCN(CC)c1ccc(C=N[C@H](C)[C@H](c2ccccc2)[NH+]2CCOCC2)c(O)c1. The molecule has 2 aromatic carbocycles. The molecule has 1 fully saturated rings. The van der Waals surface area contributed by atoms with Gasteiger partial charge in [0.05, 0.1) is 13.2 Å². The smallest absolute Gasteiger partial charge is 0.136 e. The van der Waals surface area contributed by atoms with Crippen LogP contribution in [0.1, 0.15) is 37.9 Å². The molecule has 0 aliphatic carbocycles. The van der Waals surface area contributed by atoms with Crippen LogP contribution >= 0.6 is 0 Å². The van der Waals surface area contributed by atoms with E-state index in [4.69, 9.17) is 9.73 Å². The van der Waals surface area contributed by atoms with E-state index in [-0.39, 0.29) is 17.8 Å². The van der Waals surface area contributed by atoms with Crippen LogP contribution in [-0.4, -0.2) is 56.8 Å². The zero-order chi connectivity index (χ0) is 20.6. The van der Waals surface area contributed by atoms with Gasteiger partial charge in [0.1, 0.15) is 30.9 Å². The number of morpholine rings is 1. The van der Waals surface area contributed by atoms with Gasteiger partial charge in [0, 0.05) is 42.2 Å². The lowest BCUT2D eigenvalue weighted by atomic mass is 9.98. The van der Waals surface area contributed by atoms with Crippen LogP contribution in [0.25, 0.3) is 0 Å². The number of phenols is 1. The van der Waals surface area contributed by atoms with Crippen LogP contribution < -0.4 is 9.80 Å². The van der Waals surface area contributed by atoms with Gasteiger partial charge in [-0.3, -0.25) is 4.99 Å². The highest BCUT2D eigenvalue weighted by molar-refractivity contribution is 5.84. The zero-order valence-corrected chi connectivity index (χ0v) is 17.8. The van der Waals surface area contributed by atoms with Crippen molar-refractivity contribution in [1.29, 1.82) is 0 Å². The largest absolute Gasteiger partial charge is 0.507 e. The number of rotatable bonds is 8. The number of hydrogen-bond acceptors (Lipinski definition) is 4. The van der Waals surface area contributed by atoms with E-state index >= 15 is 0 Å². The van der Waals surface area contributed by atoms with Crippen molar-refractivity contribution < 1.29 is 14.7 Å². The predicted molar refractivity (Wildman–Crippen MR) is 119 cm³/mol. The van der Waals surface area contributed by atoms with Crippen LogP contribution in [0, 0.1) is 0 Å². The van der Waals surface area contributed by atoms with Crippen molar-refractivity contribution in [3.05, 3.63) is 59.7 Å². The van der Waals surface area contributed by atoms with Crippen LogP contribution in [-0.2, 0) is 4.74 Å². The molecule has 3 rings (SSSR count). The van der Waals surface area contributed by atoms with E-state index in [1.165, 1.54) is 10.5 Å². The number of benzene rings is 2. The molecule has 0 unspecified atom stereocenters. The number of aromatic hydroxyl groups is 1. The number of nitrogens with one attached hydrogen (secondary N) is 1. The summed E-state index contributed by atoms with van der Waals surface area (Å²) in [6, 6.07) is 16.8. The average molecular weight is 397 g/mol. The number of quaternary nitrogens is 1. The molecule has 5 nitrogen and oxygen atoms in total. The summed E-state index contributed by atoms with van der Waals surface area (Å²) >= 11 is 0. The summed E-state index contributed by atoms with van der Waals surface area (Å²) in [4.78, 5) is 8.59. The highest BCUT2D eigenvalue weighted by atomic mass is 16.5. The Balaban J connectivity index is 1.80. The summed E-state index contributed by atoms with van der Waals surface area (Å²) < 4.78 is 5.56. The van der Waals surface area contributed by atoms with E-state index in [0.29, 0.717) is 0 Å². The Bertz CT molecular complexity index is 784. The van der Waals surface area contributed by atoms with Gasteiger partial charge in [0.15, 0.2) is 0 Å². The van der Waals surface area contributed by atoms with Gasteiger partial charge in [-0.2, -0.15) is 0 Å². The van der Waals surface area contributed by atoms with Crippen LogP contribution in [0.4, 0.5) is 5.69 Å². The lowest BCUT2D eigenvalue weighted by molar-refractivity contribution is -0.940. The second-order valence-corrected chi connectivity index (χ2v) is 7.59. The first-order chi connectivity index (χ1) is 14.1. The molecule has 1 saturated heterocycles. The van der Waals surface area contributed by atoms with Gasteiger partial charge in [-0.15, -0.1) is 0 Å². The molecule has 1 aliphatic rings. The van der Waals surface area contributed by atoms with Gasteiger partial charge in [-0.1, -0.05) is 30.3 Å². The van der Waals surface area contributed by atoms with E-state index in [2.05, 4.69) is 62.1 Å². The van der Waals surface area contributed by atoms with Crippen molar-refractivity contribution in [2.24, 2.45) is 4.99 Å². The van der Waals surface area contributed by atoms with Crippen molar-refractivity contribution in [2.75, 3.05) is 44.3 Å². The standard InChI is InChI=1S/C24H33N3O2/c1-4-26(5-2)22-12-11-21(23(28)17-22)18-25-19(3)24(20-9-7-6-8-10-20)27-13-15-29-16-14-27/h6-12,17-19,24,28H,4-5,13-16H2,1-3H3/p+1/t19-,24-/m1/s1. The fraction of sp³-hybridized carbons (Fsp3) is 0.458. The van der Waals surface area contributed by atoms with E-state index < -0.39 is 0 Å². The Morgan fingerprint density at radius 3 is 2.41 bits per heavy atom. The minimum absolute atomic E-state index is 0.0901. The third-order valence-electron chi connectivity index (χ3n) is 5.81. The molecule has 2 N–H and O–H groups in total. The van der Waals surface area contributed by atoms with Gasteiger partial charge in [0.25, 0.3) is 0 Å². The molecule has 2 aromatic rings. The van der Waals surface area contributed by atoms with E-state index in [1.54, 1.807) is 0 Å². The third-order valence-corrected chi connectivity index (χ3v) is 5.81. The minimum Gasteiger partial charge on any atom is -0.507 e. The molecule has 1 aliphatic heterocycles. The van der Waals surface area contributed by atoms with Crippen LogP contribution in [0.5, 0.6) is 5.75 Å². The van der Waals surface area contributed by atoms with Gasteiger partial charge >= 0.3 is 0 Å². The first-order valence-electron chi connectivity index (χ1n) is 10.7.